The Morgan fingerprint density at radius 2 is 1.52 bits per heavy atom. The molecular formula is C19H16O4. The highest BCUT2D eigenvalue weighted by atomic mass is 16.5. The van der Waals surface area contributed by atoms with Crippen LogP contribution in [-0.4, -0.2) is 21.3 Å². The van der Waals surface area contributed by atoms with Gasteiger partial charge >= 0.3 is 0 Å². The minimum absolute atomic E-state index is 0.546. The quantitative estimate of drug-likeness (QED) is 0.689. The van der Waals surface area contributed by atoms with E-state index in [2.05, 4.69) is 11.8 Å². The Bertz CT molecular complexity index is 838. The Hall–Kier alpha value is -3.06. The van der Waals surface area contributed by atoms with Gasteiger partial charge in [0.15, 0.2) is 17.3 Å². The minimum atomic E-state index is 0.546. The predicted octanol–water partition coefficient (Wildman–Crippen LogP) is 3.86. The molecule has 1 heterocycles. The summed E-state index contributed by atoms with van der Waals surface area (Å²) in [7, 11) is 4.72. The number of ether oxygens (including phenoxy) is 3. The molecule has 0 aliphatic rings. The normalized spacial score (nSPS) is 10.0. The van der Waals surface area contributed by atoms with E-state index in [0.717, 1.165) is 16.5 Å². The van der Waals surface area contributed by atoms with Crippen molar-refractivity contribution >= 4 is 11.0 Å². The number of hydrogen-bond donors (Lipinski definition) is 0. The van der Waals surface area contributed by atoms with Crippen LogP contribution in [0.3, 0.4) is 0 Å². The number of methoxy groups -OCH3 is 3. The molecule has 0 fully saturated rings. The number of para-hydroxylation sites is 1. The molecule has 116 valence electrons. The second kappa shape index (κ2) is 6.37. The molecule has 0 atom stereocenters. The lowest BCUT2D eigenvalue weighted by atomic mass is 10.2. The summed E-state index contributed by atoms with van der Waals surface area (Å²) in [6, 6.07) is 13.3. The fourth-order valence-corrected chi connectivity index (χ4v) is 2.33. The van der Waals surface area contributed by atoms with Gasteiger partial charge in [-0.1, -0.05) is 24.1 Å². The van der Waals surface area contributed by atoms with Gasteiger partial charge in [-0.15, -0.1) is 0 Å². The van der Waals surface area contributed by atoms with Crippen LogP contribution < -0.4 is 14.2 Å². The Morgan fingerprint density at radius 3 is 2.13 bits per heavy atom. The third kappa shape index (κ3) is 2.95. The van der Waals surface area contributed by atoms with Crippen LogP contribution in [-0.2, 0) is 0 Å². The van der Waals surface area contributed by atoms with Gasteiger partial charge in [-0.05, 0) is 24.1 Å². The molecule has 0 aliphatic heterocycles. The molecule has 0 saturated carbocycles. The van der Waals surface area contributed by atoms with E-state index in [0.29, 0.717) is 23.0 Å². The Kier molecular flexibility index (Phi) is 4.11. The first-order valence-electron chi connectivity index (χ1n) is 7.05. The molecule has 3 aromatic rings. The minimum Gasteiger partial charge on any atom is -0.493 e. The van der Waals surface area contributed by atoms with E-state index in [1.165, 1.54) is 0 Å². The van der Waals surface area contributed by atoms with Gasteiger partial charge in [-0.3, -0.25) is 0 Å². The predicted molar refractivity (Wildman–Crippen MR) is 88.3 cm³/mol. The lowest BCUT2D eigenvalue weighted by Gasteiger charge is -2.12. The first-order valence-corrected chi connectivity index (χ1v) is 7.05. The molecule has 4 heteroatoms. The molecule has 0 N–H and O–H groups in total. The molecule has 2 aromatic carbocycles. The molecule has 4 nitrogen and oxygen atoms in total. The SMILES string of the molecule is COc1cc(C#Cc2cc3ccccc3o2)cc(OC)c1OC. The third-order valence-corrected chi connectivity index (χ3v) is 3.42. The molecular weight excluding hydrogens is 292 g/mol. The number of hydrogen-bond acceptors (Lipinski definition) is 4. The van der Waals surface area contributed by atoms with E-state index in [1.54, 1.807) is 33.5 Å². The van der Waals surface area contributed by atoms with E-state index in [-0.39, 0.29) is 0 Å². The number of rotatable bonds is 3. The molecule has 0 radical (unpaired) electrons. The summed E-state index contributed by atoms with van der Waals surface area (Å²) in [5, 5.41) is 1.03. The fraction of sp³-hybridized carbons (Fsp3) is 0.158. The van der Waals surface area contributed by atoms with Crippen LogP contribution in [0.5, 0.6) is 17.2 Å². The van der Waals surface area contributed by atoms with E-state index in [9.17, 15) is 0 Å². The molecule has 0 unspecified atom stereocenters. The second-order valence-corrected chi connectivity index (χ2v) is 4.81. The topological polar surface area (TPSA) is 40.8 Å². The van der Waals surface area contributed by atoms with Crippen LogP contribution in [0.25, 0.3) is 11.0 Å². The van der Waals surface area contributed by atoms with Crippen LogP contribution in [0.1, 0.15) is 11.3 Å². The Morgan fingerprint density at radius 1 is 0.826 bits per heavy atom. The van der Waals surface area contributed by atoms with Crippen molar-refractivity contribution in [3.8, 4) is 29.1 Å². The summed E-state index contributed by atoms with van der Waals surface area (Å²) in [6.45, 7) is 0. The molecule has 0 bridgehead atoms. The maximum absolute atomic E-state index is 5.69. The summed E-state index contributed by atoms with van der Waals surface area (Å²) >= 11 is 0. The van der Waals surface area contributed by atoms with Crippen LogP contribution in [0.4, 0.5) is 0 Å². The smallest absolute Gasteiger partial charge is 0.203 e. The molecule has 0 spiro atoms. The number of fused-ring (bicyclic) bond motifs is 1. The summed E-state index contributed by atoms with van der Waals surface area (Å²) in [6.07, 6.45) is 0. The van der Waals surface area contributed by atoms with Gasteiger partial charge in [0.2, 0.25) is 5.75 Å². The van der Waals surface area contributed by atoms with Crippen molar-refractivity contribution in [2.24, 2.45) is 0 Å². The van der Waals surface area contributed by atoms with Crippen molar-refractivity contribution in [3.05, 3.63) is 53.8 Å². The Labute approximate surface area is 134 Å². The van der Waals surface area contributed by atoms with E-state index in [1.807, 2.05) is 30.3 Å². The first kappa shape index (κ1) is 14.9. The van der Waals surface area contributed by atoms with Gasteiger partial charge in [0, 0.05) is 17.0 Å². The Balaban J connectivity index is 2.00. The second-order valence-electron chi connectivity index (χ2n) is 4.81. The van der Waals surface area contributed by atoms with E-state index >= 15 is 0 Å². The van der Waals surface area contributed by atoms with Gasteiger partial charge < -0.3 is 18.6 Å². The van der Waals surface area contributed by atoms with Gasteiger partial charge in [0.25, 0.3) is 0 Å². The van der Waals surface area contributed by atoms with Gasteiger partial charge in [0.1, 0.15) is 5.58 Å². The van der Waals surface area contributed by atoms with Crippen LogP contribution in [0.2, 0.25) is 0 Å². The van der Waals surface area contributed by atoms with Gasteiger partial charge in [-0.25, -0.2) is 0 Å². The molecule has 0 amide bonds. The summed E-state index contributed by atoms with van der Waals surface area (Å²) in [5.41, 5.74) is 1.57. The lowest BCUT2D eigenvalue weighted by Crippen LogP contribution is -1.95. The molecule has 3 rings (SSSR count). The highest BCUT2D eigenvalue weighted by Crippen LogP contribution is 2.37. The van der Waals surface area contributed by atoms with Gasteiger partial charge in [-0.2, -0.15) is 0 Å². The van der Waals surface area contributed by atoms with Gasteiger partial charge in [0.05, 0.1) is 21.3 Å². The van der Waals surface area contributed by atoms with Crippen molar-refractivity contribution in [1.29, 1.82) is 0 Å². The highest BCUT2D eigenvalue weighted by molar-refractivity contribution is 5.78. The van der Waals surface area contributed by atoms with Crippen LogP contribution >= 0.6 is 0 Å². The molecule has 0 aliphatic carbocycles. The van der Waals surface area contributed by atoms with Crippen LogP contribution in [0, 0.1) is 11.8 Å². The maximum Gasteiger partial charge on any atom is 0.203 e. The average molecular weight is 308 g/mol. The third-order valence-electron chi connectivity index (χ3n) is 3.42. The monoisotopic (exact) mass is 308 g/mol. The van der Waals surface area contributed by atoms with Crippen molar-refractivity contribution in [2.45, 2.75) is 0 Å². The van der Waals surface area contributed by atoms with Crippen molar-refractivity contribution in [3.63, 3.8) is 0 Å². The summed E-state index contributed by atoms with van der Waals surface area (Å²) < 4.78 is 21.6. The van der Waals surface area contributed by atoms with Crippen LogP contribution in [0.15, 0.2) is 46.9 Å². The zero-order valence-electron chi connectivity index (χ0n) is 13.2. The van der Waals surface area contributed by atoms with E-state index < -0.39 is 0 Å². The molecule has 0 saturated heterocycles. The van der Waals surface area contributed by atoms with E-state index in [4.69, 9.17) is 18.6 Å². The zero-order chi connectivity index (χ0) is 16.2. The highest BCUT2D eigenvalue weighted by Gasteiger charge is 2.12. The molecule has 23 heavy (non-hydrogen) atoms. The number of furan rings is 1. The molecule has 1 aromatic heterocycles. The van der Waals surface area contributed by atoms with Crippen molar-refractivity contribution in [2.75, 3.05) is 21.3 Å². The van der Waals surface area contributed by atoms with Crippen molar-refractivity contribution < 1.29 is 18.6 Å². The average Bonchev–Trinajstić information content (AvgIpc) is 3.01. The zero-order valence-corrected chi connectivity index (χ0v) is 13.2. The maximum atomic E-state index is 5.69. The summed E-state index contributed by atoms with van der Waals surface area (Å²) in [4.78, 5) is 0. The lowest BCUT2D eigenvalue weighted by molar-refractivity contribution is 0.324. The largest absolute Gasteiger partial charge is 0.493 e. The summed E-state index contributed by atoms with van der Waals surface area (Å²) in [5.74, 6) is 8.38. The first-order chi connectivity index (χ1) is 11.2. The number of benzene rings is 2. The van der Waals surface area contributed by atoms with Crippen molar-refractivity contribution in [1.82, 2.24) is 0 Å². The standard InChI is InChI=1S/C19H16O4/c1-20-17-10-13(11-18(21-2)19(17)22-3)8-9-15-12-14-6-4-5-7-16(14)23-15/h4-7,10-12H,1-3H3. The fourth-order valence-electron chi connectivity index (χ4n) is 2.33.